The van der Waals surface area contributed by atoms with Crippen LogP contribution in [0, 0.1) is 0 Å². The summed E-state index contributed by atoms with van der Waals surface area (Å²) in [5, 5.41) is 10.1. The summed E-state index contributed by atoms with van der Waals surface area (Å²) < 4.78 is 5.57. The maximum Gasteiger partial charge on any atom is 0.318 e. The van der Waals surface area contributed by atoms with Gasteiger partial charge in [-0.05, 0) is 17.9 Å². The lowest BCUT2D eigenvalue weighted by molar-refractivity contribution is -0.131. The smallest absolute Gasteiger partial charge is 0.318 e. The van der Waals surface area contributed by atoms with Crippen molar-refractivity contribution in [3.05, 3.63) is 28.3 Å². The largest absolute Gasteiger partial charge is 0.408 e. The molecule has 0 unspecified atom stereocenters. The van der Waals surface area contributed by atoms with Crippen molar-refractivity contribution in [2.75, 3.05) is 31.1 Å². The van der Waals surface area contributed by atoms with E-state index >= 15 is 0 Å². The Morgan fingerprint density at radius 3 is 2.77 bits per heavy atom. The molecule has 1 saturated heterocycles. The van der Waals surface area contributed by atoms with Crippen molar-refractivity contribution >= 4 is 23.3 Å². The first-order valence-electron chi connectivity index (χ1n) is 7.63. The Balaban J connectivity index is 1.47. The summed E-state index contributed by atoms with van der Waals surface area (Å²) in [6.07, 6.45) is 2.16. The van der Waals surface area contributed by atoms with Crippen LogP contribution < -0.4 is 4.90 Å². The fourth-order valence-corrected chi connectivity index (χ4v) is 3.21. The van der Waals surface area contributed by atoms with E-state index in [9.17, 15) is 4.79 Å². The zero-order valence-electron chi connectivity index (χ0n) is 12.7. The summed E-state index contributed by atoms with van der Waals surface area (Å²) in [6, 6.07) is 4.68. The van der Waals surface area contributed by atoms with Crippen LogP contribution in [0.2, 0.25) is 0 Å². The van der Waals surface area contributed by atoms with Crippen LogP contribution in [0.4, 0.5) is 6.01 Å². The number of aromatic nitrogens is 2. The van der Waals surface area contributed by atoms with Gasteiger partial charge in [0.25, 0.3) is 0 Å². The first-order valence-corrected chi connectivity index (χ1v) is 8.51. The average Bonchev–Trinajstić information content (AvgIpc) is 3.24. The van der Waals surface area contributed by atoms with Crippen LogP contribution in [0.3, 0.4) is 0 Å². The molecule has 1 aliphatic rings. The van der Waals surface area contributed by atoms with E-state index in [-0.39, 0.29) is 5.91 Å². The Hall–Kier alpha value is -1.89. The lowest BCUT2D eigenvalue weighted by Gasteiger charge is -2.33. The third kappa shape index (κ3) is 3.47. The van der Waals surface area contributed by atoms with Crippen molar-refractivity contribution in [1.82, 2.24) is 15.1 Å². The molecule has 0 bridgehead atoms. The molecule has 0 radical (unpaired) electrons. The average molecular weight is 320 g/mol. The standard InChI is InChI=1S/C15H20N4O2S/c1-2-13-16-17-15(21-13)19-9-7-18(8-10-19)14(20)6-5-12-4-3-11-22-12/h3-4,11H,2,5-10H2,1H3. The molecule has 0 N–H and O–H groups in total. The first-order chi connectivity index (χ1) is 10.8. The number of aryl methyl sites for hydroxylation is 2. The number of carbonyl (C=O) groups is 1. The Morgan fingerprint density at radius 2 is 2.14 bits per heavy atom. The number of amides is 1. The van der Waals surface area contributed by atoms with Gasteiger partial charge in [0.15, 0.2) is 0 Å². The van der Waals surface area contributed by atoms with Gasteiger partial charge in [0.05, 0.1) is 0 Å². The van der Waals surface area contributed by atoms with E-state index in [1.165, 1.54) is 4.88 Å². The minimum atomic E-state index is 0.229. The van der Waals surface area contributed by atoms with Crippen molar-refractivity contribution in [2.24, 2.45) is 0 Å². The van der Waals surface area contributed by atoms with E-state index in [1.54, 1.807) is 11.3 Å². The number of rotatable bonds is 5. The van der Waals surface area contributed by atoms with Gasteiger partial charge in [-0.2, -0.15) is 0 Å². The fraction of sp³-hybridized carbons (Fsp3) is 0.533. The van der Waals surface area contributed by atoms with Crippen molar-refractivity contribution in [3.63, 3.8) is 0 Å². The molecule has 0 aliphatic carbocycles. The predicted octanol–water partition coefficient (Wildman–Crippen LogP) is 1.97. The number of anilines is 1. The lowest BCUT2D eigenvalue weighted by Crippen LogP contribution is -2.49. The zero-order chi connectivity index (χ0) is 15.4. The molecule has 6 nitrogen and oxygen atoms in total. The second-order valence-electron chi connectivity index (χ2n) is 5.28. The second-order valence-corrected chi connectivity index (χ2v) is 6.31. The number of carbonyl (C=O) groups excluding carboxylic acids is 1. The molecule has 0 atom stereocenters. The molecular weight excluding hydrogens is 300 g/mol. The highest BCUT2D eigenvalue weighted by Crippen LogP contribution is 2.16. The van der Waals surface area contributed by atoms with Crippen molar-refractivity contribution < 1.29 is 9.21 Å². The summed E-state index contributed by atoms with van der Waals surface area (Å²) in [4.78, 5) is 17.5. The number of nitrogens with zero attached hydrogens (tertiary/aromatic N) is 4. The third-order valence-electron chi connectivity index (χ3n) is 3.83. The molecule has 0 aromatic carbocycles. The highest BCUT2D eigenvalue weighted by Gasteiger charge is 2.23. The minimum Gasteiger partial charge on any atom is -0.408 e. The van der Waals surface area contributed by atoms with Gasteiger partial charge in [-0.3, -0.25) is 4.79 Å². The van der Waals surface area contributed by atoms with E-state index in [0.29, 0.717) is 31.4 Å². The Labute approximate surface area is 133 Å². The third-order valence-corrected chi connectivity index (χ3v) is 4.76. The monoisotopic (exact) mass is 320 g/mol. The summed E-state index contributed by atoms with van der Waals surface area (Å²) in [5.74, 6) is 0.886. The highest BCUT2D eigenvalue weighted by molar-refractivity contribution is 7.09. The van der Waals surface area contributed by atoms with Gasteiger partial charge in [-0.1, -0.05) is 18.1 Å². The number of hydrogen-bond acceptors (Lipinski definition) is 6. The van der Waals surface area contributed by atoms with Gasteiger partial charge in [-0.25, -0.2) is 0 Å². The molecule has 7 heteroatoms. The molecule has 2 aromatic rings. The molecular formula is C15H20N4O2S. The fourth-order valence-electron chi connectivity index (χ4n) is 2.51. The Bertz CT molecular complexity index is 603. The topological polar surface area (TPSA) is 62.5 Å². The lowest BCUT2D eigenvalue weighted by atomic mass is 10.2. The van der Waals surface area contributed by atoms with E-state index in [1.807, 2.05) is 23.3 Å². The van der Waals surface area contributed by atoms with E-state index in [2.05, 4.69) is 21.2 Å². The SMILES string of the molecule is CCc1nnc(N2CCN(C(=O)CCc3cccs3)CC2)o1. The minimum absolute atomic E-state index is 0.229. The summed E-state index contributed by atoms with van der Waals surface area (Å²) in [5.41, 5.74) is 0. The van der Waals surface area contributed by atoms with Crippen LogP contribution in [-0.4, -0.2) is 47.2 Å². The molecule has 118 valence electrons. The van der Waals surface area contributed by atoms with Crippen molar-refractivity contribution in [3.8, 4) is 0 Å². The van der Waals surface area contributed by atoms with E-state index in [0.717, 1.165) is 25.9 Å². The van der Waals surface area contributed by atoms with Crippen molar-refractivity contribution in [1.29, 1.82) is 0 Å². The van der Waals surface area contributed by atoms with Gasteiger partial charge in [0, 0.05) is 43.9 Å². The molecule has 22 heavy (non-hydrogen) atoms. The van der Waals surface area contributed by atoms with Gasteiger partial charge in [0.2, 0.25) is 11.8 Å². The molecule has 1 fully saturated rings. The molecule has 3 rings (SSSR count). The molecule has 0 saturated carbocycles. The summed E-state index contributed by atoms with van der Waals surface area (Å²) in [6.45, 7) is 4.91. The van der Waals surface area contributed by atoms with Crippen LogP contribution in [0.1, 0.15) is 24.1 Å². The maximum atomic E-state index is 12.2. The molecule has 0 spiro atoms. The van der Waals surface area contributed by atoms with Gasteiger partial charge < -0.3 is 14.2 Å². The summed E-state index contributed by atoms with van der Waals surface area (Å²) in [7, 11) is 0. The van der Waals surface area contributed by atoms with Gasteiger partial charge in [0.1, 0.15) is 0 Å². The van der Waals surface area contributed by atoms with Gasteiger partial charge in [-0.15, -0.1) is 16.4 Å². The van der Waals surface area contributed by atoms with Crippen LogP contribution in [0.5, 0.6) is 0 Å². The second kappa shape index (κ2) is 6.91. The van der Waals surface area contributed by atoms with Gasteiger partial charge >= 0.3 is 6.01 Å². The summed E-state index contributed by atoms with van der Waals surface area (Å²) >= 11 is 1.71. The molecule has 2 aromatic heterocycles. The maximum absolute atomic E-state index is 12.2. The molecule has 1 aliphatic heterocycles. The Kier molecular flexibility index (Phi) is 4.72. The first kappa shape index (κ1) is 15.0. The Morgan fingerprint density at radius 1 is 1.32 bits per heavy atom. The quantitative estimate of drug-likeness (QED) is 0.843. The number of hydrogen-bond donors (Lipinski definition) is 0. The van der Waals surface area contributed by atoms with Crippen LogP contribution in [0.15, 0.2) is 21.9 Å². The van der Waals surface area contributed by atoms with Crippen LogP contribution in [0.25, 0.3) is 0 Å². The van der Waals surface area contributed by atoms with Crippen molar-refractivity contribution in [2.45, 2.75) is 26.2 Å². The number of piperazine rings is 1. The molecule has 3 heterocycles. The van der Waals surface area contributed by atoms with Crippen LogP contribution in [-0.2, 0) is 17.6 Å². The number of thiophene rings is 1. The molecule has 1 amide bonds. The zero-order valence-corrected chi connectivity index (χ0v) is 13.5. The normalized spacial score (nSPS) is 15.3. The van der Waals surface area contributed by atoms with E-state index < -0.39 is 0 Å². The van der Waals surface area contributed by atoms with Crippen LogP contribution >= 0.6 is 11.3 Å². The predicted molar refractivity (Wildman–Crippen MR) is 85.1 cm³/mol. The highest BCUT2D eigenvalue weighted by atomic mass is 32.1. The van der Waals surface area contributed by atoms with E-state index in [4.69, 9.17) is 4.42 Å².